The van der Waals surface area contributed by atoms with Crippen LogP contribution in [0.3, 0.4) is 0 Å². The van der Waals surface area contributed by atoms with Crippen LogP contribution in [0.5, 0.6) is 0 Å². The Morgan fingerprint density at radius 2 is 2.12 bits per heavy atom. The Kier molecular flexibility index (Phi) is 4.05. The number of rotatable bonds is 4. The van der Waals surface area contributed by atoms with Crippen molar-refractivity contribution in [3.63, 3.8) is 0 Å². The molecule has 0 bridgehead atoms. The summed E-state index contributed by atoms with van der Waals surface area (Å²) in [6, 6.07) is 6.27. The third-order valence-electron chi connectivity index (χ3n) is 4.84. The monoisotopic (exact) mass is 377 g/mol. The van der Waals surface area contributed by atoms with Crippen molar-refractivity contribution in [2.75, 3.05) is 19.6 Å². The molecule has 1 aromatic carbocycles. The highest BCUT2D eigenvalue weighted by Crippen LogP contribution is 2.37. The smallest absolute Gasteiger partial charge is 0.258 e. The van der Waals surface area contributed by atoms with Crippen molar-refractivity contribution in [1.29, 1.82) is 0 Å². The molecule has 138 valence electrons. The summed E-state index contributed by atoms with van der Waals surface area (Å²) < 4.78 is 32.0. The Balaban J connectivity index is 1.63. The average Bonchev–Trinajstić information content (AvgIpc) is 3.10. The van der Waals surface area contributed by atoms with Crippen molar-refractivity contribution in [2.24, 2.45) is 5.73 Å². The highest BCUT2D eigenvalue weighted by atomic mass is 32.2. The molecular weight excluding hydrogens is 358 g/mol. The second-order valence-electron chi connectivity index (χ2n) is 6.65. The molecule has 1 aliphatic carbocycles. The number of piperazine rings is 1. The molecule has 2 aromatic rings. The molecule has 3 N–H and O–H groups in total. The number of sulfonamides is 1. The molecule has 0 radical (unpaired) electrons. The largest absolute Gasteiger partial charge is 0.354 e. The number of carbonyl (C=O) groups is 1. The van der Waals surface area contributed by atoms with Crippen LogP contribution in [-0.4, -0.2) is 48.4 Å². The van der Waals surface area contributed by atoms with Crippen molar-refractivity contribution in [1.82, 2.24) is 19.8 Å². The lowest BCUT2D eigenvalue weighted by molar-refractivity contribution is -0.122. The summed E-state index contributed by atoms with van der Waals surface area (Å²) >= 11 is 0. The van der Waals surface area contributed by atoms with Gasteiger partial charge in [-0.25, -0.2) is 8.42 Å². The molecule has 0 spiro atoms. The Bertz CT molecular complexity index is 951. The third-order valence-corrected chi connectivity index (χ3v) is 6.68. The zero-order valence-corrected chi connectivity index (χ0v) is 14.8. The minimum atomic E-state index is -3.78. The van der Waals surface area contributed by atoms with Gasteiger partial charge in [-0.3, -0.25) is 4.79 Å². The maximum atomic E-state index is 12.8. The van der Waals surface area contributed by atoms with Crippen molar-refractivity contribution in [2.45, 2.75) is 29.7 Å². The van der Waals surface area contributed by atoms with Gasteiger partial charge in [-0.05, 0) is 37.5 Å². The Hall–Kier alpha value is -2.30. The van der Waals surface area contributed by atoms with Crippen LogP contribution in [0.4, 0.5) is 0 Å². The van der Waals surface area contributed by atoms with Crippen LogP contribution in [0.15, 0.2) is 33.7 Å². The van der Waals surface area contributed by atoms with Gasteiger partial charge < -0.3 is 15.6 Å². The van der Waals surface area contributed by atoms with Crippen molar-refractivity contribution >= 4 is 15.9 Å². The summed E-state index contributed by atoms with van der Waals surface area (Å²) in [6.45, 7) is 0.342. The van der Waals surface area contributed by atoms with Crippen LogP contribution in [-0.2, 0) is 20.4 Å². The number of nitrogens with zero attached hydrogens (tertiary/aromatic N) is 3. The van der Waals surface area contributed by atoms with E-state index >= 15 is 0 Å². The fraction of sp³-hybridized carbons (Fsp3) is 0.438. The van der Waals surface area contributed by atoms with Crippen molar-refractivity contribution in [3.8, 4) is 11.5 Å². The van der Waals surface area contributed by atoms with Gasteiger partial charge in [0.05, 0.1) is 17.0 Å². The second-order valence-corrected chi connectivity index (χ2v) is 8.59. The molecule has 4 rings (SSSR count). The molecule has 2 aliphatic rings. The van der Waals surface area contributed by atoms with Gasteiger partial charge in [0, 0.05) is 18.7 Å². The summed E-state index contributed by atoms with van der Waals surface area (Å²) in [4.78, 5) is 15.9. The van der Waals surface area contributed by atoms with Gasteiger partial charge in [0.1, 0.15) is 0 Å². The van der Waals surface area contributed by atoms with Crippen LogP contribution in [0.2, 0.25) is 0 Å². The standard InChI is InChI=1S/C16H19N5O4S/c17-16(5-2-6-16)15-19-14(25-20-15)11-3-1-4-12(9-11)26(23,24)21-8-7-18-13(22)10-21/h1,3-4,9H,2,5-8,10,17H2,(H,18,22). The normalized spacial score (nSPS) is 20.4. The fourth-order valence-corrected chi connectivity index (χ4v) is 4.53. The van der Waals surface area contributed by atoms with E-state index in [1.165, 1.54) is 12.1 Å². The molecule has 2 heterocycles. The molecule has 9 nitrogen and oxygen atoms in total. The van der Waals surface area contributed by atoms with E-state index in [-0.39, 0.29) is 29.8 Å². The third kappa shape index (κ3) is 2.89. The number of nitrogens with one attached hydrogen (secondary N) is 1. The predicted molar refractivity (Wildman–Crippen MR) is 91.2 cm³/mol. The Labute approximate surface area is 150 Å². The SMILES string of the molecule is NC1(c2noc(-c3cccc(S(=O)(=O)N4CCNC(=O)C4)c3)n2)CCC1. The van der Waals surface area contributed by atoms with E-state index in [1.54, 1.807) is 12.1 Å². The van der Waals surface area contributed by atoms with Gasteiger partial charge in [0.2, 0.25) is 15.9 Å². The quantitative estimate of drug-likeness (QED) is 0.778. The predicted octanol–water partition coefficient (Wildman–Crippen LogP) is 0.195. The van der Waals surface area contributed by atoms with Crippen molar-refractivity contribution < 1.29 is 17.7 Å². The number of hydrogen-bond donors (Lipinski definition) is 2. The zero-order valence-electron chi connectivity index (χ0n) is 14.0. The lowest BCUT2D eigenvalue weighted by Crippen LogP contribution is -2.49. The van der Waals surface area contributed by atoms with E-state index in [0.717, 1.165) is 23.6 Å². The maximum Gasteiger partial charge on any atom is 0.258 e. The molecule has 1 amide bonds. The van der Waals surface area contributed by atoms with Gasteiger partial charge in [0.25, 0.3) is 5.89 Å². The first-order valence-corrected chi connectivity index (χ1v) is 9.83. The van der Waals surface area contributed by atoms with Crippen LogP contribution >= 0.6 is 0 Å². The summed E-state index contributed by atoms with van der Waals surface area (Å²) in [5.74, 6) is 0.358. The summed E-state index contributed by atoms with van der Waals surface area (Å²) in [7, 11) is -3.78. The van der Waals surface area contributed by atoms with E-state index in [2.05, 4.69) is 15.5 Å². The van der Waals surface area contributed by atoms with Gasteiger partial charge in [-0.2, -0.15) is 9.29 Å². The highest BCUT2D eigenvalue weighted by Gasteiger charge is 2.39. The van der Waals surface area contributed by atoms with E-state index in [0.29, 0.717) is 17.9 Å². The molecule has 1 aromatic heterocycles. The lowest BCUT2D eigenvalue weighted by Gasteiger charge is -2.34. The first-order valence-electron chi connectivity index (χ1n) is 8.39. The molecule has 10 heteroatoms. The molecule has 26 heavy (non-hydrogen) atoms. The minimum Gasteiger partial charge on any atom is -0.354 e. The van der Waals surface area contributed by atoms with Gasteiger partial charge in [-0.15, -0.1) is 0 Å². The van der Waals surface area contributed by atoms with Crippen molar-refractivity contribution in [3.05, 3.63) is 30.1 Å². The molecule has 1 saturated heterocycles. The molecular formula is C16H19N5O4S. The van der Waals surface area contributed by atoms with E-state index in [9.17, 15) is 13.2 Å². The number of benzene rings is 1. The van der Waals surface area contributed by atoms with Gasteiger partial charge in [0.15, 0.2) is 5.82 Å². The first-order chi connectivity index (χ1) is 12.4. The summed E-state index contributed by atoms with van der Waals surface area (Å²) in [5, 5.41) is 6.56. The van der Waals surface area contributed by atoms with Crippen LogP contribution < -0.4 is 11.1 Å². The van der Waals surface area contributed by atoms with E-state index in [1.807, 2.05) is 0 Å². The molecule has 1 aliphatic heterocycles. The lowest BCUT2D eigenvalue weighted by atomic mass is 9.77. The molecule has 1 saturated carbocycles. The van der Waals surface area contributed by atoms with Crippen LogP contribution in [0, 0.1) is 0 Å². The maximum absolute atomic E-state index is 12.8. The number of carbonyl (C=O) groups excluding carboxylic acids is 1. The van der Waals surface area contributed by atoms with E-state index in [4.69, 9.17) is 10.3 Å². The summed E-state index contributed by atoms with van der Waals surface area (Å²) in [5.41, 5.74) is 6.15. The average molecular weight is 377 g/mol. The molecule has 0 atom stereocenters. The number of nitrogens with two attached hydrogens (primary N) is 1. The van der Waals surface area contributed by atoms with Gasteiger partial charge >= 0.3 is 0 Å². The number of amides is 1. The van der Waals surface area contributed by atoms with Crippen LogP contribution in [0.1, 0.15) is 25.1 Å². The molecule has 2 fully saturated rings. The second kappa shape index (κ2) is 6.15. The Morgan fingerprint density at radius 1 is 1.31 bits per heavy atom. The van der Waals surface area contributed by atoms with Crippen LogP contribution in [0.25, 0.3) is 11.5 Å². The first kappa shape index (κ1) is 17.1. The fourth-order valence-electron chi connectivity index (χ4n) is 3.08. The number of aromatic nitrogens is 2. The van der Waals surface area contributed by atoms with E-state index < -0.39 is 15.6 Å². The number of hydrogen-bond acceptors (Lipinski definition) is 7. The van der Waals surface area contributed by atoms with Gasteiger partial charge in [-0.1, -0.05) is 11.2 Å². The highest BCUT2D eigenvalue weighted by molar-refractivity contribution is 7.89. The summed E-state index contributed by atoms with van der Waals surface area (Å²) in [6.07, 6.45) is 2.63. The minimum absolute atomic E-state index is 0.0792. The Morgan fingerprint density at radius 3 is 2.81 bits per heavy atom. The molecule has 0 unspecified atom stereocenters. The zero-order chi connectivity index (χ0) is 18.4. The topological polar surface area (TPSA) is 131 Å².